The summed E-state index contributed by atoms with van der Waals surface area (Å²) >= 11 is 3.94. The van der Waals surface area contributed by atoms with E-state index >= 15 is 0 Å². The minimum absolute atomic E-state index is 0.135. The van der Waals surface area contributed by atoms with Crippen LogP contribution < -0.4 is 21.7 Å². The van der Waals surface area contributed by atoms with E-state index in [9.17, 15) is 24.0 Å². The van der Waals surface area contributed by atoms with E-state index in [1.807, 2.05) is 13.8 Å². The number of thiol groups is 1. The van der Waals surface area contributed by atoms with Gasteiger partial charge in [-0.3, -0.25) is 19.2 Å². The molecule has 0 bridgehead atoms. The van der Waals surface area contributed by atoms with Gasteiger partial charge in [-0.15, -0.1) is 0 Å². The molecule has 0 aliphatic rings. The number of hydrogen-bond acceptors (Lipinski definition) is 7. The molecule has 0 aromatic rings. The van der Waals surface area contributed by atoms with Crippen molar-refractivity contribution < 1.29 is 34.2 Å². The highest BCUT2D eigenvalue weighted by atomic mass is 32.1. The molecule has 0 aromatic heterocycles. The third-order valence-corrected chi connectivity index (χ3v) is 3.95. The van der Waals surface area contributed by atoms with Gasteiger partial charge in [-0.2, -0.15) is 12.6 Å². The highest BCUT2D eigenvalue weighted by molar-refractivity contribution is 7.80. The zero-order valence-electron chi connectivity index (χ0n) is 15.8. The van der Waals surface area contributed by atoms with Crippen molar-refractivity contribution in [1.82, 2.24) is 16.0 Å². The predicted octanol–water partition coefficient (Wildman–Crippen LogP) is -1.68. The van der Waals surface area contributed by atoms with Crippen molar-refractivity contribution in [3.8, 4) is 0 Å². The Hall–Kier alpha value is -2.34. The lowest BCUT2D eigenvalue weighted by atomic mass is 10.0. The first-order valence-corrected chi connectivity index (χ1v) is 9.29. The average molecular weight is 420 g/mol. The lowest BCUT2D eigenvalue weighted by molar-refractivity contribution is -0.143. The molecule has 0 rings (SSSR count). The highest BCUT2D eigenvalue weighted by Gasteiger charge is 2.26. The summed E-state index contributed by atoms with van der Waals surface area (Å²) in [5, 5.41) is 24.5. The number of hydrogen-bond donors (Lipinski definition) is 7. The van der Waals surface area contributed by atoms with Crippen molar-refractivity contribution in [2.75, 3.05) is 12.3 Å². The number of carboxylic acid groups (broad SMARTS) is 2. The van der Waals surface area contributed by atoms with Crippen LogP contribution in [0.25, 0.3) is 0 Å². The summed E-state index contributed by atoms with van der Waals surface area (Å²) in [6.45, 7) is 3.39. The van der Waals surface area contributed by atoms with Crippen molar-refractivity contribution in [1.29, 1.82) is 0 Å². The number of nitrogens with one attached hydrogen (secondary N) is 3. The Morgan fingerprint density at radius 3 is 2.07 bits per heavy atom. The third kappa shape index (κ3) is 10.7. The Labute approximate surface area is 168 Å². The van der Waals surface area contributed by atoms with Crippen molar-refractivity contribution in [2.24, 2.45) is 11.7 Å². The number of nitrogens with two attached hydrogens (primary N) is 1. The fraction of sp³-hybridized carbons (Fsp3) is 0.688. The maximum absolute atomic E-state index is 12.1. The summed E-state index contributed by atoms with van der Waals surface area (Å²) in [7, 11) is 0. The van der Waals surface area contributed by atoms with Gasteiger partial charge in [-0.25, -0.2) is 4.79 Å². The standard InChI is InChI=1S/C16H28N4O7S/c1-8(2)5-9(17)14(24)18-6-12(21)19-11(7-28)15(25)20-10(16(26)27)3-4-13(22)23/h8-11,28H,3-7,17H2,1-2H3,(H,18,24)(H,19,21)(H,20,25)(H,22,23)(H,26,27). The summed E-state index contributed by atoms with van der Waals surface area (Å²) in [5.41, 5.74) is 5.70. The molecular formula is C16H28N4O7S. The average Bonchev–Trinajstić information content (AvgIpc) is 2.59. The smallest absolute Gasteiger partial charge is 0.326 e. The molecule has 3 atom stereocenters. The van der Waals surface area contributed by atoms with E-state index in [1.165, 1.54) is 0 Å². The molecule has 7 N–H and O–H groups in total. The number of carboxylic acids is 2. The molecule has 0 saturated heterocycles. The van der Waals surface area contributed by atoms with Gasteiger partial charge in [0.2, 0.25) is 17.7 Å². The molecule has 11 nitrogen and oxygen atoms in total. The van der Waals surface area contributed by atoms with Crippen LogP contribution in [0.1, 0.15) is 33.1 Å². The Bertz CT molecular complexity index is 585. The predicted molar refractivity (Wildman–Crippen MR) is 103 cm³/mol. The minimum atomic E-state index is -1.42. The molecule has 0 aromatic carbocycles. The largest absolute Gasteiger partial charge is 0.481 e. The third-order valence-electron chi connectivity index (χ3n) is 3.58. The van der Waals surface area contributed by atoms with Crippen LogP contribution in [0.5, 0.6) is 0 Å². The first-order valence-electron chi connectivity index (χ1n) is 8.66. The molecule has 0 heterocycles. The van der Waals surface area contributed by atoms with Gasteiger partial charge >= 0.3 is 11.9 Å². The maximum atomic E-state index is 12.1. The molecule has 3 unspecified atom stereocenters. The monoisotopic (exact) mass is 420 g/mol. The van der Waals surface area contributed by atoms with Gasteiger partial charge < -0.3 is 31.9 Å². The lowest BCUT2D eigenvalue weighted by Crippen LogP contribution is -2.54. The molecule has 0 radical (unpaired) electrons. The van der Waals surface area contributed by atoms with Crippen molar-refractivity contribution in [3.63, 3.8) is 0 Å². The van der Waals surface area contributed by atoms with Crippen LogP contribution in [0.15, 0.2) is 0 Å². The lowest BCUT2D eigenvalue weighted by Gasteiger charge is -2.20. The molecule has 0 saturated carbocycles. The van der Waals surface area contributed by atoms with Crippen LogP contribution >= 0.6 is 12.6 Å². The fourth-order valence-electron chi connectivity index (χ4n) is 2.15. The molecule has 0 aliphatic carbocycles. The molecular weight excluding hydrogens is 392 g/mol. The van der Waals surface area contributed by atoms with Gasteiger partial charge in [-0.05, 0) is 18.8 Å². The quantitative estimate of drug-likeness (QED) is 0.172. The van der Waals surface area contributed by atoms with Crippen molar-refractivity contribution in [2.45, 2.75) is 51.2 Å². The molecule has 160 valence electrons. The van der Waals surface area contributed by atoms with Crippen molar-refractivity contribution in [3.05, 3.63) is 0 Å². The molecule has 0 aliphatic heterocycles. The Kier molecular flexibility index (Phi) is 11.9. The minimum Gasteiger partial charge on any atom is -0.481 e. The molecule has 28 heavy (non-hydrogen) atoms. The highest BCUT2D eigenvalue weighted by Crippen LogP contribution is 2.02. The van der Waals surface area contributed by atoms with E-state index in [4.69, 9.17) is 15.9 Å². The van der Waals surface area contributed by atoms with E-state index in [1.54, 1.807) is 0 Å². The first-order chi connectivity index (χ1) is 13.0. The maximum Gasteiger partial charge on any atom is 0.326 e. The van der Waals surface area contributed by atoms with Gasteiger partial charge in [0, 0.05) is 12.2 Å². The SMILES string of the molecule is CC(C)CC(N)C(=O)NCC(=O)NC(CS)C(=O)NC(CCC(=O)O)C(=O)O. The number of carbonyl (C=O) groups excluding carboxylic acids is 3. The summed E-state index contributed by atoms with van der Waals surface area (Å²) in [5.74, 6) is -4.55. The molecule has 3 amide bonds. The van der Waals surface area contributed by atoms with E-state index in [0.717, 1.165) is 0 Å². The molecule has 12 heteroatoms. The topological polar surface area (TPSA) is 188 Å². The summed E-state index contributed by atoms with van der Waals surface area (Å²) in [6, 6.07) is -3.34. The van der Waals surface area contributed by atoms with Crippen LogP contribution in [0, 0.1) is 5.92 Å². The van der Waals surface area contributed by atoms with Gasteiger partial charge in [0.05, 0.1) is 12.6 Å². The summed E-state index contributed by atoms with van der Waals surface area (Å²) < 4.78 is 0. The van der Waals surface area contributed by atoms with Gasteiger partial charge in [-0.1, -0.05) is 13.8 Å². The van der Waals surface area contributed by atoms with Crippen LogP contribution in [0.4, 0.5) is 0 Å². The van der Waals surface area contributed by atoms with Crippen LogP contribution in [0.2, 0.25) is 0 Å². The normalized spacial score (nSPS) is 13.9. The summed E-state index contributed by atoms with van der Waals surface area (Å²) in [6.07, 6.45) is -0.312. The second kappa shape index (κ2) is 12.9. The Balaban J connectivity index is 4.62. The number of carbonyl (C=O) groups is 5. The Morgan fingerprint density at radius 1 is 1.00 bits per heavy atom. The van der Waals surface area contributed by atoms with E-state index in [2.05, 4.69) is 28.6 Å². The van der Waals surface area contributed by atoms with Gasteiger partial charge in [0.1, 0.15) is 12.1 Å². The van der Waals surface area contributed by atoms with Crippen LogP contribution in [-0.2, 0) is 24.0 Å². The fourth-order valence-corrected chi connectivity index (χ4v) is 2.41. The van der Waals surface area contributed by atoms with Crippen LogP contribution in [-0.4, -0.2) is 70.3 Å². The van der Waals surface area contributed by atoms with E-state index in [-0.39, 0.29) is 18.1 Å². The molecule has 0 fully saturated rings. The van der Waals surface area contributed by atoms with Gasteiger partial charge in [0.15, 0.2) is 0 Å². The number of amides is 3. The zero-order chi connectivity index (χ0) is 21.9. The Morgan fingerprint density at radius 2 is 1.61 bits per heavy atom. The van der Waals surface area contributed by atoms with Crippen molar-refractivity contribution >= 4 is 42.3 Å². The summed E-state index contributed by atoms with van der Waals surface area (Å²) in [4.78, 5) is 57.6. The molecule has 0 spiro atoms. The van der Waals surface area contributed by atoms with Gasteiger partial charge in [0.25, 0.3) is 0 Å². The van der Waals surface area contributed by atoms with Crippen LogP contribution in [0.3, 0.4) is 0 Å². The number of rotatable bonds is 13. The second-order valence-electron chi connectivity index (χ2n) is 6.59. The first kappa shape index (κ1) is 25.7. The van der Waals surface area contributed by atoms with E-state index < -0.39 is 60.8 Å². The number of aliphatic carboxylic acids is 2. The second-order valence-corrected chi connectivity index (χ2v) is 6.95. The van der Waals surface area contributed by atoms with E-state index in [0.29, 0.717) is 6.42 Å². The zero-order valence-corrected chi connectivity index (χ0v) is 16.7.